The molecule has 35 heavy (non-hydrogen) atoms. The zero-order valence-corrected chi connectivity index (χ0v) is 19.7. The van der Waals surface area contributed by atoms with Gasteiger partial charge in [-0.2, -0.15) is 5.10 Å². The number of ether oxygens (including phenoxy) is 2. The minimum absolute atomic E-state index is 0.0315. The first kappa shape index (κ1) is 22.9. The number of methoxy groups -OCH3 is 2. The third kappa shape index (κ3) is 4.01. The van der Waals surface area contributed by atoms with Crippen molar-refractivity contribution in [3.05, 3.63) is 42.4 Å². The molecule has 0 bridgehead atoms. The van der Waals surface area contributed by atoms with Crippen molar-refractivity contribution in [2.24, 2.45) is 7.05 Å². The summed E-state index contributed by atoms with van der Waals surface area (Å²) in [7, 11) is 4.37. The minimum Gasteiger partial charge on any atom is -0.494 e. The molecule has 1 aromatic carbocycles. The van der Waals surface area contributed by atoms with Crippen LogP contribution in [-0.4, -0.2) is 62.7 Å². The van der Waals surface area contributed by atoms with Gasteiger partial charge >= 0.3 is 0 Å². The van der Waals surface area contributed by atoms with Crippen LogP contribution in [-0.2, 0) is 7.05 Å². The van der Waals surface area contributed by atoms with Crippen molar-refractivity contribution in [1.82, 2.24) is 24.7 Å². The average Bonchev–Trinajstić information content (AvgIpc) is 3.43. The number of anilines is 1. The smallest absolute Gasteiger partial charge is 0.177 e. The molecule has 1 saturated heterocycles. The molecule has 1 fully saturated rings. The molecule has 1 unspecified atom stereocenters. The topological polar surface area (TPSA) is 98.4 Å². The van der Waals surface area contributed by atoms with Gasteiger partial charge in [-0.15, -0.1) is 0 Å². The fourth-order valence-electron chi connectivity index (χ4n) is 4.28. The number of nitrogens with zero attached hydrogens (tertiary/aromatic N) is 6. The van der Waals surface area contributed by atoms with E-state index >= 15 is 8.78 Å². The van der Waals surface area contributed by atoms with Crippen molar-refractivity contribution in [3.8, 4) is 34.1 Å². The fraction of sp³-hybridized carbons (Fsp3) is 0.333. The number of aromatic nitrogens is 5. The Bertz CT molecular complexity index is 1410. The maximum Gasteiger partial charge on any atom is 0.177 e. The first-order valence-electron chi connectivity index (χ1n) is 11.0. The Morgan fingerprint density at radius 2 is 1.77 bits per heavy atom. The normalized spacial score (nSPS) is 17.9. The predicted octanol–water partition coefficient (Wildman–Crippen LogP) is 3.35. The second-order valence-electron chi connectivity index (χ2n) is 8.82. The molecule has 0 amide bonds. The van der Waals surface area contributed by atoms with Crippen LogP contribution in [0, 0.1) is 11.6 Å². The van der Waals surface area contributed by atoms with Crippen LogP contribution in [0.1, 0.15) is 13.3 Å². The summed E-state index contributed by atoms with van der Waals surface area (Å²) in [4.78, 5) is 15.7. The number of fused-ring (bicyclic) bond motifs is 1. The number of hydrogen-bond acceptors (Lipinski definition) is 8. The van der Waals surface area contributed by atoms with E-state index in [9.17, 15) is 5.11 Å². The summed E-state index contributed by atoms with van der Waals surface area (Å²) >= 11 is 0. The van der Waals surface area contributed by atoms with Gasteiger partial charge in [0.05, 0.1) is 42.8 Å². The van der Waals surface area contributed by atoms with Crippen LogP contribution in [0.2, 0.25) is 0 Å². The van der Waals surface area contributed by atoms with Gasteiger partial charge in [0, 0.05) is 44.0 Å². The van der Waals surface area contributed by atoms with Gasteiger partial charge < -0.3 is 19.5 Å². The Kier molecular flexibility index (Phi) is 5.51. The molecule has 3 aromatic heterocycles. The quantitative estimate of drug-likeness (QED) is 0.463. The largest absolute Gasteiger partial charge is 0.494 e. The number of hydrogen-bond donors (Lipinski definition) is 1. The van der Waals surface area contributed by atoms with E-state index < -0.39 is 17.2 Å². The Hall–Kier alpha value is -3.86. The number of pyridine rings is 1. The van der Waals surface area contributed by atoms with E-state index in [0.29, 0.717) is 41.1 Å². The van der Waals surface area contributed by atoms with E-state index in [0.717, 1.165) is 6.07 Å². The lowest BCUT2D eigenvalue weighted by Gasteiger charge is -2.22. The predicted molar refractivity (Wildman–Crippen MR) is 125 cm³/mol. The highest BCUT2D eigenvalue weighted by molar-refractivity contribution is 5.92. The molecule has 1 N–H and O–H groups in total. The van der Waals surface area contributed by atoms with Gasteiger partial charge in [0.1, 0.15) is 5.52 Å². The molecule has 0 radical (unpaired) electrons. The lowest BCUT2D eigenvalue weighted by Crippen LogP contribution is -2.30. The standard InChI is InChI=1S/C24H24F2N6O3/c1-24(33)5-6-32(12-24)23-21-13(9-27-22(30-21)14-10-28-31(2)11-14)7-15(29-23)18-19(25)16(34-3)8-17(35-4)20(18)26/h7-11,33H,5-6,12H2,1-4H3. The van der Waals surface area contributed by atoms with Crippen LogP contribution in [0.5, 0.6) is 11.5 Å². The first-order valence-corrected chi connectivity index (χ1v) is 11.0. The van der Waals surface area contributed by atoms with E-state index in [4.69, 9.17) is 14.5 Å². The summed E-state index contributed by atoms with van der Waals surface area (Å²) in [5.41, 5.74) is -0.0714. The molecular weight excluding hydrogens is 458 g/mol. The number of β-amino-alcohol motifs (C(OH)–C–C–N with tert-alkyl or cyclic N) is 1. The van der Waals surface area contributed by atoms with Gasteiger partial charge in [0.15, 0.2) is 34.8 Å². The van der Waals surface area contributed by atoms with Crippen LogP contribution < -0.4 is 14.4 Å². The number of halogens is 2. The van der Waals surface area contributed by atoms with E-state index in [1.165, 1.54) is 20.3 Å². The van der Waals surface area contributed by atoms with Gasteiger partial charge in [-0.1, -0.05) is 0 Å². The van der Waals surface area contributed by atoms with Gasteiger partial charge in [0.25, 0.3) is 0 Å². The van der Waals surface area contributed by atoms with E-state index in [2.05, 4.69) is 15.1 Å². The van der Waals surface area contributed by atoms with Crippen LogP contribution in [0.4, 0.5) is 14.6 Å². The average molecular weight is 482 g/mol. The number of aliphatic hydroxyl groups is 1. The molecule has 4 aromatic rings. The lowest BCUT2D eigenvalue weighted by molar-refractivity contribution is 0.0839. The molecule has 5 rings (SSSR count). The molecule has 1 atom stereocenters. The highest BCUT2D eigenvalue weighted by Crippen LogP contribution is 2.40. The Labute approximate surface area is 200 Å². The highest BCUT2D eigenvalue weighted by atomic mass is 19.1. The summed E-state index contributed by atoms with van der Waals surface area (Å²) in [5, 5.41) is 15.3. The molecule has 9 nitrogen and oxygen atoms in total. The van der Waals surface area contributed by atoms with E-state index in [-0.39, 0.29) is 29.3 Å². The van der Waals surface area contributed by atoms with Crippen LogP contribution in [0.15, 0.2) is 30.7 Å². The monoisotopic (exact) mass is 482 g/mol. The van der Waals surface area contributed by atoms with Crippen molar-refractivity contribution in [3.63, 3.8) is 0 Å². The van der Waals surface area contributed by atoms with Gasteiger partial charge in [0.2, 0.25) is 0 Å². The molecule has 1 aliphatic rings. The molecule has 182 valence electrons. The molecule has 0 spiro atoms. The summed E-state index contributed by atoms with van der Waals surface area (Å²) in [5.74, 6) is -1.31. The molecule has 4 heterocycles. The van der Waals surface area contributed by atoms with Crippen molar-refractivity contribution >= 4 is 16.7 Å². The molecule has 0 aliphatic carbocycles. The zero-order valence-electron chi connectivity index (χ0n) is 19.7. The van der Waals surface area contributed by atoms with Gasteiger partial charge in [-0.05, 0) is 19.4 Å². The first-order chi connectivity index (χ1) is 16.7. The SMILES string of the molecule is COc1cc(OC)c(F)c(-c2cc3cnc(-c4cnn(C)c4)nc3c(N3CCC(C)(O)C3)n2)c1F. The van der Waals surface area contributed by atoms with Crippen LogP contribution in [0.3, 0.4) is 0 Å². The summed E-state index contributed by atoms with van der Waals surface area (Å²) in [6.45, 7) is 2.52. The fourth-order valence-corrected chi connectivity index (χ4v) is 4.28. The highest BCUT2D eigenvalue weighted by Gasteiger charge is 2.34. The third-order valence-corrected chi connectivity index (χ3v) is 6.09. The Morgan fingerprint density at radius 1 is 1.06 bits per heavy atom. The van der Waals surface area contributed by atoms with Crippen molar-refractivity contribution in [1.29, 1.82) is 0 Å². The molecular formula is C24H24F2N6O3. The lowest BCUT2D eigenvalue weighted by atomic mass is 10.1. The van der Waals surface area contributed by atoms with Crippen molar-refractivity contribution in [2.75, 3.05) is 32.2 Å². The zero-order chi connectivity index (χ0) is 24.9. The van der Waals surface area contributed by atoms with Gasteiger partial charge in [-0.3, -0.25) is 4.68 Å². The number of aryl methyl sites for hydroxylation is 1. The maximum absolute atomic E-state index is 15.3. The number of rotatable bonds is 5. The summed E-state index contributed by atoms with van der Waals surface area (Å²) in [6, 6.07) is 2.68. The van der Waals surface area contributed by atoms with E-state index in [1.807, 2.05) is 4.90 Å². The Balaban J connectivity index is 1.76. The van der Waals surface area contributed by atoms with E-state index in [1.54, 1.807) is 37.2 Å². The minimum atomic E-state index is -0.932. The molecule has 0 saturated carbocycles. The summed E-state index contributed by atoms with van der Waals surface area (Å²) < 4.78 is 42.4. The van der Waals surface area contributed by atoms with Crippen molar-refractivity contribution in [2.45, 2.75) is 18.9 Å². The Morgan fingerprint density at radius 3 is 2.34 bits per heavy atom. The molecule has 11 heteroatoms. The molecule has 1 aliphatic heterocycles. The van der Waals surface area contributed by atoms with Crippen LogP contribution in [0.25, 0.3) is 33.5 Å². The summed E-state index contributed by atoms with van der Waals surface area (Å²) in [6.07, 6.45) is 5.53. The second kappa shape index (κ2) is 8.42. The second-order valence-corrected chi connectivity index (χ2v) is 8.82. The van der Waals surface area contributed by atoms with Crippen LogP contribution >= 0.6 is 0 Å². The maximum atomic E-state index is 15.3. The number of benzene rings is 1. The van der Waals surface area contributed by atoms with Crippen molar-refractivity contribution < 1.29 is 23.4 Å². The van der Waals surface area contributed by atoms with Gasteiger partial charge in [-0.25, -0.2) is 23.7 Å². The third-order valence-electron chi connectivity index (χ3n) is 6.09.